The Morgan fingerprint density at radius 2 is 2.12 bits per heavy atom. The summed E-state index contributed by atoms with van der Waals surface area (Å²) >= 11 is 7.68. The van der Waals surface area contributed by atoms with Crippen LogP contribution in [0.15, 0.2) is 29.2 Å². The number of thioether (sulfide) groups is 1. The van der Waals surface area contributed by atoms with Crippen LogP contribution in [0.1, 0.15) is 31.2 Å². The van der Waals surface area contributed by atoms with Crippen LogP contribution < -0.4 is 0 Å². The van der Waals surface area contributed by atoms with Crippen LogP contribution in [-0.4, -0.2) is 18.5 Å². The third-order valence-electron chi connectivity index (χ3n) is 3.04. The fourth-order valence-corrected chi connectivity index (χ4v) is 3.10. The highest BCUT2D eigenvalue weighted by atomic mass is 35.5. The summed E-state index contributed by atoms with van der Waals surface area (Å²) in [6.07, 6.45) is 5.50. The van der Waals surface area contributed by atoms with Gasteiger partial charge in [0.05, 0.1) is 6.10 Å². The lowest BCUT2D eigenvalue weighted by Crippen LogP contribution is -2.04. The third-order valence-corrected chi connectivity index (χ3v) is 4.45. The molecule has 0 amide bonds. The van der Waals surface area contributed by atoms with E-state index in [9.17, 15) is 0 Å². The van der Waals surface area contributed by atoms with E-state index in [1.165, 1.54) is 41.9 Å². The standard InChI is InChI=1S/C14H19ClOS/c15-11-12-5-7-14(8-6-12)17-10-2-4-13-3-1-9-16-13/h5-8,13H,1-4,9-11H2. The Kier molecular flexibility index (Phi) is 5.69. The number of hydrogen-bond acceptors (Lipinski definition) is 2. The number of hydrogen-bond donors (Lipinski definition) is 0. The Bertz CT molecular complexity index is 319. The monoisotopic (exact) mass is 270 g/mol. The van der Waals surface area contributed by atoms with Crippen molar-refractivity contribution in [2.24, 2.45) is 0 Å². The molecule has 1 saturated heterocycles. The first kappa shape index (κ1) is 13.3. The van der Waals surface area contributed by atoms with E-state index >= 15 is 0 Å². The molecule has 0 saturated carbocycles. The van der Waals surface area contributed by atoms with Crippen molar-refractivity contribution in [3.8, 4) is 0 Å². The summed E-state index contributed by atoms with van der Waals surface area (Å²) < 4.78 is 5.61. The highest BCUT2D eigenvalue weighted by molar-refractivity contribution is 7.99. The van der Waals surface area contributed by atoms with Crippen LogP contribution in [0.2, 0.25) is 0 Å². The van der Waals surface area contributed by atoms with E-state index in [1.54, 1.807) is 0 Å². The molecule has 17 heavy (non-hydrogen) atoms. The molecule has 1 atom stereocenters. The summed E-state index contributed by atoms with van der Waals surface area (Å²) in [5.41, 5.74) is 1.19. The molecule has 0 spiro atoms. The number of halogens is 1. The largest absolute Gasteiger partial charge is 0.378 e. The van der Waals surface area contributed by atoms with Crippen molar-refractivity contribution in [2.45, 2.75) is 42.6 Å². The zero-order valence-electron chi connectivity index (χ0n) is 10.0. The first-order valence-electron chi connectivity index (χ1n) is 6.28. The normalized spacial score (nSPS) is 19.7. The molecule has 3 heteroatoms. The minimum atomic E-state index is 0.536. The van der Waals surface area contributed by atoms with Crippen LogP contribution in [0.3, 0.4) is 0 Å². The quantitative estimate of drug-likeness (QED) is 0.428. The molecule has 0 aromatic heterocycles. The number of alkyl halides is 1. The summed E-state index contributed by atoms with van der Waals surface area (Å²) in [5, 5.41) is 0. The van der Waals surface area contributed by atoms with Crippen molar-refractivity contribution in [1.29, 1.82) is 0 Å². The summed E-state index contributed by atoms with van der Waals surface area (Å²) in [5.74, 6) is 1.78. The molecule has 1 aliphatic heterocycles. The van der Waals surface area contributed by atoms with E-state index in [2.05, 4.69) is 24.3 Å². The SMILES string of the molecule is ClCc1ccc(SCCCC2CCCO2)cc1. The second-order valence-corrected chi connectivity index (χ2v) is 5.84. The molecule has 1 unspecified atom stereocenters. The van der Waals surface area contributed by atoms with E-state index in [-0.39, 0.29) is 0 Å². The fraction of sp³-hybridized carbons (Fsp3) is 0.571. The van der Waals surface area contributed by atoms with Crippen LogP contribution in [0, 0.1) is 0 Å². The predicted octanol–water partition coefficient (Wildman–Crippen LogP) is 4.48. The van der Waals surface area contributed by atoms with Crippen molar-refractivity contribution in [1.82, 2.24) is 0 Å². The maximum atomic E-state index is 5.76. The van der Waals surface area contributed by atoms with E-state index in [0.29, 0.717) is 12.0 Å². The van der Waals surface area contributed by atoms with Crippen molar-refractivity contribution in [3.05, 3.63) is 29.8 Å². The average molecular weight is 271 g/mol. The lowest BCUT2D eigenvalue weighted by molar-refractivity contribution is 0.104. The van der Waals surface area contributed by atoms with Gasteiger partial charge >= 0.3 is 0 Å². The van der Waals surface area contributed by atoms with Crippen LogP contribution in [0.25, 0.3) is 0 Å². The summed E-state index contributed by atoms with van der Waals surface area (Å²) in [7, 11) is 0. The van der Waals surface area contributed by atoms with Gasteiger partial charge in [-0.2, -0.15) is 0 Å². The van der Waals surface area contributed by atoms with Crippen molar-refractivity contribution in [3.63, 3.8) is 0 Å². The van der Waals surface area contributed by atoms with Crippen molar-refractivity contribution < 1.29 is 4.74 Å². The van der Waals surface area contributed by atoms with E-state index in [4.69, 9.17) is 16.3 Å². The summed E-state index contributed by atoms with van der Waals surface area (Å²) in [6.45, 7) is 0.970. The Labute approximate surface area is 113 Å². The van der Waals surface area contributed by atoms with Crippen LogP contribution in [0.4, 0.5) is 0 Å². The zero-order chi connectivity index (χ0) is 11.9. The molecule has 0 N–H and O–H groups in total. The van der Waals surface area contributed by atoms with Gasteiger partial charge in [0.15, 0.2) is 0 Å². The fourth-order valence-electron chi connectivity index (χ4n) is 2.05. The molecule has 0 bridgehead atoms. The first-order chi connectivity index (χ1) is 8.38. The minimum Gasteiger partial charge on any atom is -0.378 e. The molecule has 1 nitrogen and oxygen atoms in total. The Balaban J connectivity index is 1.63. The van der Waals surface area contributed by atoms with Gasteiger partial charge in [-0.25, -0.2) is 0 Å². The summed E-state index contributed by atoms with van der Waals surface area (Å²) in [6, 6.07) is 8.54. The van der Waals surface area contributed by atoms with Gasteiger partial charge in [0, 0.05) is 17.4 Å². The smallest absolute Gasteiger partial charge is 0.0576 e. The molecule has 1 aliphatic rings. The van der Waals surface area contributed by atoms with Crippen LogP contribution >= 0.6 is 23.4 Å². The molecule has 2 rings (SSSR count). The van der Waals surface area contributed by atoms with E-state index in [0.717, 1.165) is 6.61 Å². The number of benzene rings is 1. The first-order valence-corrected chi connectivity index (χ1v) is 7.80. The molecule has 0 aliphatic carbocycles. The maximum Gasteiger partial charge on any atom is 0.0576 e. The average Bonchev–Trinajstić information content (AvgIpc) is 2.88. The predicted molar refractivity (Wildman–Crippen MR) is 74.9 cm³/mol. The highest BCUT2D eigenvalue weighted by Crippen LogP contribution is 2.23. The van der Waals surface area contributed by atoms with Crippen molar-refractivity contribution >= 4 is 23.4 Å². The van der Waals surface area contributed by atoms with E-state index < -0.39 is 0 Å². The number of rotatable bonds is 6. The maximum absolute atomic E-state index is 5.76. The second-order valence-electron chi connectivity index (χ2n) is 4.40. The molecule has 1 heterocycles. The minimum absolute atomic E-state index is 0.536. The van der Waals surface area contributed by atoms with Gasteiger partial charge in [-0.1, -0.05) is 12.1 Å². The number of ether oxygens (including phenoxy) is 1. The van der Waals surface area contributed by atoms with Gasteiger partial charge in [0.25, 0.3) is 0 Å². The topological polar surface area (TPSA) is 9.23 Å². The molecule has 1 aromatic rings. The zero-order valence-corrected chi connectivity index (χ0v) is 11.6. The van der Waals surface area contributed by atoms with Crippen molar-refractivity contribution in [2.75, 3.05) is 12.4 Å². The molecule has 0 radical (unpaired) electrons. The van der Waals surface area contributed by atoms with E-state index in [1.807, 2.05) is 11.8 Å². The third kappa shape index (κ3) is 4.53. The van der Waals surface area contributed by atoms with Gasteiger partial charge in [-0.05, 0) is 49.1 Å². The van der Waals surface area contributed by atoms with Gasteiger partial charge in [0.1, 0.15) is 0 Å². The van der Waals surface area contributed by atoms with Gasteiger partial charge in [-0.15, -0.1) is 23.4 Å². The van der Waals surface area contributed by atoms with Gasteiger partial charge in [-0.3, -0.25) is 0 Å². The highest BCUT2D eigenvalue weighted by Gasteiger charge is 2.14. The molecule has 94 valence electrons. The molecular weight excluding hydrogens is 252 g/mol. The lowest BCUT2D eigenvalue weighted by atomic mass is 10.1. The molecular formula is C14H19ClOS. The van der Waals surface area contributed by atoms with Gasteiger partial charge in [0.2, 0.25) is 0 Å². The molecule has 1 fully saturated rings. The lowest BCUT2D eigenvalue weighted by Gasteiger charge is -2.08. The Morgan fingerprint density at radius 1 is 1.29 bits per heavy atom. The van der Waals surface area contributed by atoms with Crippen LogP contribution in [0.5, 0.6) is 0 Å². The Hall–Kier alpha value is -0.180. The summed E-state index contributed by atoms with van der Waals surface area (Å²) in [4.78, 5) is 1.34. The second kappa shape index (κ2) is 7.30. The van der Waals surface area contributed by atoms with Crippen LogP contribution in [-0.2, 0) is 10.6 Å². The van der Waals surface area contributed by atoms with Gasteiger partial charge < -0.3 is 4.74 Å². The molecule has 1 aromatic carbocycles. The Morgan fingerprint density at radius 3 is 2.76 bits per heavy atom.